The van der Waals surface area contributed by atoms with Crippen molar-refractivity contribution in [2.24, 2.45) is 20.5 Å². The van der Waals surface area contributed by atoms with Crippen LogP contribution in [0.1, 0.15) is 5.56 Å². The van der Waals surface area contributed by atoms with Gasteiger partial charge in [0.1, 0.15) is 16.3 Å². The van der Waals surface area contributed by atoms with Crippen LogP contribution in [-0.2, 0) is 31.0 Å². The number of nitrogen functional groups attached to an aromatic ring is 1. The highest BCUT2D eigenvalue weighted by molar-refractivity contribution is 7.94. The fraction of sp³-hybridized carbons (Fsp3) is 0. The fourth-order valence-corrected chi connectivity index (χ4v) is 5.38. The SMILES string of the molecule is C=CS(=O)(=O)c1ccc(N=Nc2c(S(=O)(=O)O)cc3ccc(N=Nc4ccc(C(=C)S(=O)[O-])cc4)c(O)c3c2N)cc1. The van der Waals surface area contributed by atoms with Gasteiger partial charge in [-0.15, -0.1) is 10.2 Å². The second-order valence-corrected chi connectivity index (χ2v) is 12.7. The summed E-state index contributed by atoms with van der Waals surface area (Å²) in [4.78, 5) is -0.834. The molecule has 13 nitrogen and oxygen atoms in total. The van der Waals surface area contributed by atoms with E-state index in [4.69, 9.17) is 5.73 Å². The highest BCUT2D eigenvalue weighted by atomic mass is 32.2. The summed E-state index contributed by atoms with van der Waals surface area (Å²) in [5, 5.41) is 27.6. The van der Waals surface area contributed by atoms with Crippen LogP contribution in [0.4, 0.5) is 28.4 Å². The van der Waals surface area contributed by atoms with Gasteiger partial charge in [0.2, 0.25) is 0 Å². The molecule has 16 heteroatoms. The topological polar surface area (TPSA) is 224 Å². The zero-order valence-corrected chi connectivity index (χ0v) is 23.7. The van der Waals surface area contributed by atoms with Crippen molar-refractivity contribution in [2.45, 2.75) is 9.79 Å². The minimum absolute atomic E-state index is 0.0489. The predicted octanol–water partition coefficient (Wildman–Crippen LogP) is 5.97. The van der Waals surface area contributed by atoms with E-state index < -0.39 is 47.4 Å². The average molecular weight is 627 g/mol. The minimum atomic E-state index is -4.86. The molecule has 0 aliphatic carbocycles. The van der Waals surface area contributed by atoms with E-state index in [0.29, 0.717) is 11.3 Å². The molecule has 42 heavy (non-hydrogen) atoms. The number of phenols is 1. The van der Waals surface area contributed by atoms with Gasteiger partial charge in [-0.05, 0) is 70.6 Å². The van der Waals surface area contributed by atoms with Crippen molar-refractivity contribution in [3.05, 3.63) is 90.9 Å². The van der Waals surface area contributed by atoms with Gasteiger partial charge < -0.3 is 15.4 Å². The standard InChI is InChI=1S/C26H21N5O8S3/c1-3-41(35,36)20-11-9-19(10-12-20)29-31-25-22(42(37,38)39)14-17-6-13-21(26(32)23(17)24(25)27)30-28-18-7-4-16(5-8-18)15(2)40(33)34/h3-14,32H,1-2,27H2,(H,33,34)(H,37,38,39)/p-1. The van der Waals surface area contributed by atoms with Crippen LogP contribution in [0.5, 0.6) is 5.75 Å². The molecule has 4 aromatic rings. The van der Waals surface area contributed by atoms with Crippen LogP contribution in [0, 0.1) is 0 Å². The molecule has 4 N–H and O–H groups in total. The van der Waals surface area contributed by atoms with Gasteiger partial charge in [-0.25, -0.2) is 8.42 Å². The first-order valence-corrected chi connectivity index (χ1v) is 15.5. The Hall–Kier alpha value is -4.61. The third-order valence-electron chi connectivity index (χ3n) is 5.83. The molecule has 0 fully saturated rings. The number of azo groups is 2. The molecule has 1 atom stereocenters. The Kier molecular flexibility index (Phi) is 8.46. The molecule has 0 radical (unpaired) electrons. The highest BCUT2D eigenvalue weighted by Crippen LogP contribution is 2.45. The number of rotatable bonds is 9. The Morgan fingerprint density at radius 2 is 1.48 bits per heavy atom. The number of nitrogens with zero attached hydrogens (tertiary/aromatic N) is 4. The van der Waals surface area contributed by atoms with Crippen molar-refractivity contribution in [2.75, 3.05) is 5.73 Å². The van der Waals surface area contributed by atoms with E-state index in [1.165, 1.54) is 60.7 Å². The molecular weight excluding hydrogens is 607 g/mol. The van der Waals surface area contributed by atoms with E-state index in [9.17, 15) is 35.3 Å². The van der Waals surface area contributed by atoms with Gasteiger partial charge >= 0.3 is 0 Å². The molecule has 4 rings (SSSR count). The number of sulfone groups is 1. The van der Waals surface area contributed by atoms with Gasteiger partial charge in [0, 0.05) is 10.3 Å². The number of benzene rings is 4. The van der Waals surface area contributed by atoms with Gasteiger partial charge in [0.15, 0.2) is 15.6 Å². The second kappa shape index (κ2) is 11.7. The zero-order chi connectivity index (χ0) is 30.8. The van der Waals surface area contributed by atoms with Gasteiger partial charge in [0.25, 0.3) is 10.1 Å². The van der Waals surface area contributed by atoms with Crippen molar-refractivity contribution in [1.82, 2.24) is 0 Å². The number of hydrogen-bond acceptors (Lipinski definition) is 12. The molecule has 0 aliphatic rings. The van der Waals surface area contributed by atoms with Gasteiger partial charge in [0.05, 0.1) is 27.3 Å². The molecule has 216 valence electrons. The first kappa shape index (κ1) is 30.4. The van der Waals surface area contributed by atoms with E-state index in [2.05, 4.69) is 33.6 Å². The van der Waals surface area contributed by atoms with Gasteiger partial charge in [-0.3, -0.25) is 8.76 Å². The van der Waals surface area contributed by atoms with Gasteiger partial charge in [-0.1, -0.05) is 31.4 Å². The Morgan fingerprint density at radius 1 is 0.905 bits per heavy atom. The maximum atomic E-state index is 12.2. The summed E-state index contributed by atoms with van der Waals surface area (Å²) >= 11 is -2.48. The molecular formula is C26H20N5O8S3-. The first-order valence-electron chi connectivity index (χ1n) is 11.5. The summed E-state index contributed by atoms with van der Waals surface area (Å²) in [6, 6.07) is 14.8. The number of nitrogens with two attached hydrogens (primary N) is 1. The molecule has 0 aromatic heterocycles. The van der Waals surface area contributed by atoms with Crippen molar-refractivity contribution < 1.29 is 35.3 Å². The maximum Gasteiger partial charge on any atom is 0.296 e. The van der Waals surface area contributed by atoms with Crippen LogP contribution in [-0.4, -0.2) is 35.3 Å². The van der Waals surface area contributed by atoms with Gasteiger partial charge in [-0.2, -0.15) is 18.6 Å². The number of aromatic hydroxyl groups is 1. The molecule has 4 aromatic carbocycles. The second-order valence-electron chi connectivity index (χ2n) is 8.45. The molecule has 0 aliphatic heterocycles. The minimum Gasteiger partial charge on any atom is -0.768 e. The fourth-order valence-electron chi connectivity index (χ4n) is 3.67. The van der Waals surface area contributed by atoms with E-state index >= 15 is 0 Å². The van der Waals surface area contributed by atoms with E-state index in [1.807, 2.05) is 0 Å². The number of anilines is 1. The number of hydrogen-bond donors (Lipinski definition) is 3. The Morgan fingerprint density at radius 3 is 2.02 bits per heavy atom. The lowest BCUT2D eigenvalue weighted by Gasteiger charge is -2.12. The van der Waals surface area contributed by atoms with E-state index in [0.717, 1.165) is 11.5 Å². The summed E-state index contributed by atoms with van der Waals surface area (Å²) in [5.74, 6) is -0.474. The van der Waals surface area contributed by atoms with Crippen molar-refractivity contribution in [3.8, 4) is 5.75 Å². The number of fused-ring (bicyclic) bond motifs is 1. The summed E-state index contributed by atoms with van der Waals surface area (Å²) in [7, 11) is -8.55. The van der Waals surface area contributed by atoms with E-state index in [-0.39, 0.29) is 37.6 Å². The molecule has 0 amide bonds. The van der Waals surface area contributed by atoms with Crippen LogP contribution in [0.3, 0.4) is 0 Å². The monoisotopic (exact) mass is 626 g/mol. The summed E-state index contributed by atoms with van der Waals surface area (Å²) < 4.78 is 80.1. The molecule has 0 saturated heterocycles. The molecule has 0 saturated carbocycles. The smallest absolute Gasteiger partial charge is 0.296 e. The normalized spacial score (nSPS) is 13.1. The third-order valence-corrected chi connectivity index (χ3v) is 8.70. The quantitative estimate of drug-likeness (QED) is 0.0859. The van der Waals surface area contributed by atoms with Crippen molar-refractivity contribution in [1.29, 1.82) is 0 Å². The van der Waals surface area contributed by atoms with Crippen molar-refractivity contribution in [3.63, 3.8) is 0 Å². The van der Waals surface area contributed by atoms with Crippen LogP contribution in [0.2, 0.25) is 0 Å². The molecule has 0 heterocycles. The van der Waals surface area contributed by atoms with Crippen molar-refractivity contribution >= 4 is 75.2 Å². The van der Waals surface area contributed by atoms with Crippen LogP contribution in [0.15, 0.2) is 116 Å². The average Bonchev–Trinajstić information content (AvgIpc) is 2.95. The largest absolute Gasteiger partial charge is 0.768 e. The maximum absolute atomic E-state index is 12.2. The Balaban J connectivity index is 1.76. The van der Waals surface area contributed by atoms with Crippen LogP contribution < -0.4 is 5.73 Å². The van der Waals surface area contributed by atoms with E-state index in [1.54, 1.807) is 0 Å². The van der Waals surface area contributed by atoms with Crippen LogP contribution in [0.25, 0.3) is 15.7 Å². The molecule has 0 bridgehead atoms. The molecule has 1 unspecified atom stereocenters. The third kappa shape index (κ3) is 6.32. The summed E-state index contributed by atoms with van der Waals surface area (Å²) in [5.41, 5.74) is 6.14. The Labute approximate surface area is 242 Å². The zero-order valence-electron chi connectivity index (χ0n) is 21.3. The summed E-state index contributed by atoms with van der Waals surface area (Å²) in [6.07, 6.45) is 0. The summed E-state index contributed by atoms with van der Waals surface area (Å²) in [6.45, 7) is 6.72. The van der Waals surface area contributed by atoms with Crippen LogP contribution >= 0.6 is 0 Å². The first-order chi connectivity index (χ1) is 19.7. The Bertz CT molecular complexity index is 2040. The lowest BCUT2D eigenvalue weighted by atomic mass is 10.1. The predicted molar refractivity (Wildman–Crippen MR) is 156 cm³/mol. The lowest BCUT2D eigenvalue weighted by molar-refractivity contribution is 0.481. The number of phenolic OH excluding ortho intramolecular Hbond substituents is 1. The lowest BCUT2D eigenvalue weighted by Crippen LogP contribution is -2.01. The molecule has 0 spiro atoms. The highest BCUT2D eigenvalue weighted by Gasteiger charge is 2.23.